The quantitative estimate of drug-likeness (QED) is 0.345. The number of anilines is 1. The molecule has 2 saturated heterocycles. The van der Waals surface area contributed by atoms with Gasteiger partial charge in [-0.15, -0.1) is 0 Å². The zero-order valence-corrected chi connectivity index (χ0v) is 22.2. The maximum atomic E-state index is 13.2. The van der Waals surface area contributed by atoms with Crippen molar-refractivity contribution in [3.8, 4) is 0 Å². The number of alkyl halides is 3. The van der Waals surface area contributed by atoms with Crippen LogP contribution in [0.15, 0.2) is 18.2 Å². The second kappa shape index (κ2) is 11.1. The molecule has 4 rings (SSSR count). The van der Waals surface area contributed by atoms with Gasteiger partial charge in [0.05, 0.1) is 22.7 Å². The van der Waals surface area contributed by atoms with Crippen molar-refractivity contribution < 1.29 is 37.8 Å². The lowest BCUT2D eigenvalue weighted by molar-refractivity contribution is -0.157. The van der Waals surface area contributed by atoms with Gasteiger partial charge in [0, 0.05) is 38.3 Å². The van der Waals surface area contributed by atoms with Crippen LogP contribution in [0.5, 0.6) is 0 Å². The van der Waals surface area contributed by atoms with Gasteiger partial charge in [0.25, 0.3) is 0 Å². The number of nitrogens with two attached hydrogens (primary N) is 1. The number of aliphatic hydroxyl groups is 2. The van der Waals surface area contributed by atoms with Gasteiger partial charge in [-0.05, 0) is 56.2 Å². The second-order valence-corrected chi connectivity index (χ2v) is 11.0. The molecule has 2 unspecified atom stereocenters. The van der Waals surface area contributed by atoms with E-state index in [1.807, 2.05) is 0 Å². The molecule has 0 aromatic heterocycles. The fraction of sp³-hybridized carbons (Fsp3) is 0.640. The Labute approximate surface area is 228 Å². The number of halogens is 4. The number of primary amides is 1. The largest absolute Gasteiger partial charge is 0.417 e. The molecule has 14 heteroatoms. The van der Waals surface area contributed by atoms with Crippen LogP contribution in [-0.2, 0) is 20.6 Å². The van der Waals surface area contributed by atoms with E-state index in [0.29, 0.717) is 13.1 Å². The standard InChI is InChI=1S/C25H33ClF3N5O5/c1-14-22(38)33(9-2-3-20(36)32-10-8-24(6-7-24)19(35)13-32)18(21(30)37)12-34(14)23(39)31-15-4-5-16(17(26)11-15)25(27,28)29/h4-5,11,14,18-19,23,31,35,39H,2-3,6-10,12-13H2,1H3,(H2,30,37)/t14?,18-,19-,23?/m1/s1. The smallest absolute Gasteiger partial charge is 0.391 e. The normalized spacial score (nSPS) is 26.0. The number of piperazine rings is 1. The average molecular weight is 576 g/mol. The average Bonchev–Trinajstić information content (AvgIpc) is 3.63. The summed E-state index contributed by atoms with van der Waals surface area (Å²) in [5, 5.41) is 23.1. The third-order valence-electron chi connectivity index (χ3n) is 8.13. The molecule has 1 aliphatic carbocycles. The van der Waals surface area contributed by atoms with E-state index >= 15 is 0 Å². The van der Waals surface area contributed by atoms with Gasteiger partial charge in [0.1, 0.15) is 6.04 Å². The summed E-state index contributed by atoms with van der Waals surface area (Å²) >= 11 is 5.74. The van der Waals surface area contributed by atoms with Crippen LogP contribution in [0.3, 0.4) is 0 Å². The highest BCUT2D eigenvalue weighted by molar-refractivity contribution is 6.31. The van der Waals surface area contributed by atoms with E-state index in [2.05, 4.69) is 5.32 Å². The minimum Gasteiger partial charge on any atom is -0.391 e. The predicted octanol–water partition coefficient (Wildman–Crippen LogP) is 1.59. The number of hydrogen-bond donors (Lipinski definition) is 4. The topological polar surface area (TPSA) is 139 Å². The minimum absolute atomic E-state index is 0.0219. The van der Waals surface area contributed by atoms with Crippen molar-refractivity contribution in [1.29, 1.82) is 0 Å². The minimum atomic E-state index is -4.64. The summed E-state index contributed by atoms with van der Waals surface area (Å²) in [6, 6.07) is 0.866. The number of hydrogen-bond acceptors (Lipinski definition) is 7. The van der Waals surface area contributed by atoms with Crippen LogP contribution in [0.2, 0.25) is 5.02 Å². The van der Waals surface area contributed by atoms with Crippen molar-refractivity contribution in [2.24, 2.45) is 11.1 Å². The zero-order chi connectivity index (χ0) is 28.7. The van der Waals surface area contributed by atoms with Gasteiger partial charge in [-0.2, -0.15) is 13.2 Å². The number of likely N-dealkylation sites (tertiary alicyclic amines) is 1. The molecule has 1 saturated carbocycles. The predicted molar refractivity (Wildman–Crippen MR) is 135 cm³/mol. The van der Waals surface area contributed by atoms with E-state index in [0.717, 1.165) is 37.5 Å². The molecule has 3 amide bonds. The summed E-state index contributed by atoms with van der Waals surface area (Å²) in [6.45, 7) is 2.36. The SMILES string of the molecule is CC1C(=O)N(CCCC(=O)N2CCC3(CC3)[C@H](O)C2)[C@@H](C(N)=O)CN1C(O)Nc1ccc(C(F)(F)F)c(Cl)c1. The first kappa shape index (κ1) is 29.4. The molecule has 3 fully saturated rings. The lowest BCUT2D eigenvalue weighted by Gasteiger charge is -2.45. The van der Waals surface area contributed by atoms with Crippen LogP contribution in [0.1, 0.15) is 44.6 Å². The fourth-order valence-electron chi connectivity index (χ4n) is 5.43. The molecule has 2 heterocycles. The highest BCUT2D eigenvalue weighted by atomic mass is 35.5. The van der Waals surface area contributed by atoms with Crippen molar-refractivity contribution in [2.45, 2.75) is 69.7 Å². The number of carbonyl (C=O) groups is 3. The van der Waals surface area contributed by atoms with E-state index in [4.69, 9.17) is 17.3 Å². The molecule has 3 aliphatic rings. The van der Waals surface area contributed by atoms with E-state index in [-0.39, 0.29) is 42.9 Å². The highest BCUT2D eigenvalue weighted by Crippen LogP contribution is 2.53. The zero-order valence-electron chi connectivity index (χ0n) is 21.5. The Bertz CT molecular complexity index is 1120. The summed E-state index contributed by atoms with van der Waals surface area (Å²) < 4.78 is 38.9. The first-order valence-electron chi connectivity index (χ1n) is 12.9. The number of amides is 3. The molecule has 1 spiro atoms. The molecule has 4 atom stereocenters. The van der Waals surface area contributed by atoms with Crippen LogP contribution in [-0.4, -0.2) is 93.4 Å². The number of rotatable bonds is 8. The number of nitrogens with zero attached hydrogens (tertiary/aromatic N) is 3. The van der Waals surface area contributed by atoms with Crippen LogP contribution in [0.25, 0.3) is 0 Å². The van der Waals surface area contributed by atoms with E-state index in [1.165, 1.54) is 16.7 Å². The van der Waals surface area contributed by atoms with Crippen LogP contribution in [0, 0.1) is 5.41 Å². The Morgan fingerprint density at radius 3 is 2.51 bits per heavy atom. The Balaban J connectivity index is 1.34. The lowest BCUT2D eigenvalue weighted by atomic mass is 9.90. The molecule has 10 nitrogen and oxygen atoms in total. The molecule has 1 aromatic carbocycles. The number of benzene rings is 1. The number of aliphatic hydroxyl groups excluding tert-OH is 2. The molecule has 1 aromatic rings. The van der Waals surface area contributed by atoms with Gasteiger partial charge in [0.2, 0.25) is 17.7 Å². The molecular weight excluding hydrogens is 543 g/mol. The van der Waals surface area contributed by atoms with E-state index in [9.17, 15) is 37.8 Å². The lowest BCUT2D eigenvalue weighted by Crippen LogP contribution is -2.67. The summed E-state index contributed by atoms with van der Waals surface area (Å²) in [4.78, 5) is 42.3. The summed E-state index contributed by atoms with van der Waals surface area (Å²) in [6.07, 6.45) is -3.55. The summed E-state index contributed by atoms with van der Waals surface area (Å²) in [5.41, 5.74) is 4.59. The number of β-amino-alcohol motifs (C(OH)–C–C–N with tert-alkyl or cyclic N) is 1. The fourth-order valence-corrected chi connectivity index (χ4v) is 5.71. The Hall–Kier alpha value is -2.61. The Morgan fingerprint density at radius 2 is 1.95 bits per heavy atom. The summed E-state index contributed by atoms with van der Waals surface area (Å²) in [7, 11) is 0. The van der Waals surface area contributed by atoms with Crippen molar-refractivity contribution in [1.82, 2.24) is 14.7 Å². The first-order chi connectivity index (χ1) is 18.2. The molecule has 216 valence electrons. The van der Waals surface area contributed by atoms with Gasteiger partial charge < -0.3 is 31.1 Å². The molecule has 39 heavy (non-hydrogen) atoms. The number of nitrogens with one attached hydrogen (secondary N) is 1. The van der Waals surface area contributed by atoms with Gasteiger partial charge in [0.15, 0.2) is 6.35 Å². The monoisotopic (exact) mass is 575 g/mol. The van der Waals surface area contributed by atoms with E-state index in [1.54, 1.807) is 4.90 Å². The van der Waals surface area contributed by atoms with Gasteiger partial charge >= 0.3 is 6.18 Å². The number of carbonyl (C=O) groups excluding carboxylic acids is 3. The molecule has 2 aliphatic heterocycles. The highest BCUT2D eigenvalue weighted by Gasteiger charge is 2.51. The van der Waals surface area contributed by atoms with Crippen LogP contribution >= 0.6 is 11.6 Å². The Morgan fingerprint density at radius 1 is 1.26 bits per heavy atom. The van der Waals surface area contributed by atoms with Gasteiger partial charge in [-0.1, -0.05) is 11.6 Å². The van der Waals surface area contributed by atoms with Crippen molar-refractivity contribution in [2.75, 3.05) is 31.5 Å². The molecule has 5 N–H and O–H groups in total. The molecule has 0 radical (unpaired) electrons. The molecule has 0 bridgehead atoms. The van der Waals surface area contributed by atoms with Crippen molar-refractivity contribution in [3.05, 3.63) is 28.8 Å². The van der Waals surface area contributed by atoms with Crippen LogP contribution < -0.4 is 11.1 Å². The van der Waals surface area contributed by atoms with Gasteiger partial charge in [-0.25, -0.2) is 4.90 Å². The summed E-state index contributed by atoms with van der Waals surface area (Å²) in [5.74, 6) is -1.42. The second-order valence-electron chi connectivity index (χ2n) is 10.6. The molecular formula is C25H33ClF3N5O5. The third-order valence-corrected chi connectivity index (χ3v) is 8.44. The number of piperidine rings is 1. The first-order valence-corrected chi connectivity index (χ1v) is 13.2. The maximum Gasteiger partial charge on any atom is 0.417 e. The van der Waals surface area contributed by atoms with Gasteiger partial charge in [-0.3, -0.25) is 14.4 Å². The van der Waals surface area contributed by atoms with Crippen molar-refractivity contribution >= 4 is 35.0 Å². The maximum absolute atomic E-state index is 13.2. The van der Waals surface area contributed by atoms with E-state index < -0.39 is 53.1 Å². The third kappa shape index (κ3) is 6.26. The van der Waals surface area contributed by atoms with Crippen LogP contribution in [0.4, 0.5) is 18.9 Å². The van der Waals surface area contributed by atoms with Crippen molar-refractivity contribution in [3.63, 3.8) is 0 Å². The Kier molecular flexibility index (Phi) is 8.36.